The third-order valence-corrected chi connectivity index (χ3v) is 5.18. The van der Waals surface area contributed by atoms with E-state index in [9.17, 15) is 13.2 Å². The summed E-state index contributed by atoms with van der Waals surface area (Å²) in [7, 11) is -1.54. The molecule has 1 heterocycles. The minimum atomic E-state index is -3.38. The lowest BCUT2D eigenvalue weighted by atomic mass is 10.0. The first-order valence-corrected chi connectivity index (χ1v) is 7.24. The maximum absolute atomic E-state index is 11.9. The molecule has 0 aromatic carbocycles. The Labute approximate surface area is 102 Å². The Hall–Kier alpha value is -1.17. The third kappa shape index (κ3) is 2.94. The topological polar surface area (TPSA) is 69.0 Å². The van der Waals surface area contributed by atoms with Crippen LogP contribution in [0.1, 0.15) is 26.1 Å². The molecule has 1 aromatic rings. The standard InChI is InChI=1S/C11H18N2O3S/c1-11(2,17(4,15)16)9(14)5-6-10-12-7-8-13(10)3/h7-8H,5-6H2,1-4H3. The van der Waals surface area contributed by atoms with Gasteiger partial charge in [-0.2, -0.15) is 0 Å². The number of hydrogen-bond donors (Lipinski definition) is 0. The first-order chi connectivity index (χ1) is 7.66. The largest absolute Gasteiger partial charge is 0.338 e. The van der Waals surface area contributed by atoms with Crippen molar-refractivity contribution in [2.45, 2.75) is 31.4 Å². The van der Waals surface area contributed by atoms with Crippen LogP contribution in [-0.2, 0) is 28.1 Å². The van der Waals surface area contributed by atoms with Crippen LogP contribution >= 0.6 is 0 Å². The van der Waals surface area contributed by atoms with Gasteiger partial charge in [-0.25, -0.2) is 13.4 Å². The van der Waals surface area contributed by atoms with E-state index in [-0.39, 0.29) is 12.2 Å². The molecule has 0 N–H and O–H groups in total. The highest BCUT2D eigenvalue weighted by Gasteiger charge is 2.37. The smallest absolute Gasteiger partial charge is 0.159 e. The maximum atomic E-state index is 11.9. The maximum Gasteiger partial charge on any atom is 0.159 e. The van der Waals surface area contributed by atoms with Gasteiger partial charge in [0.2, 0.25) is 0 Å². The molecule has 0 aliphatic heterocycles. The lowest BCUT2D eigenvalue weighted by Crippen LogP contribution is -2.40. The molecule has 0 radical (unpaired) electrons. The van der Waals surface area contributed by atoms with Crippen molar-refractivity contribution >= 4 is 15.6 Å². The molecule has 17 heavy (non-hydrogen) atoms. The van der Waals surface area contributed by atoms with Gasteiger partial charge >= 0.3 is 0 Å². The Morgan fingerprint density at radius 2 is 2.06 bits per heavy atom. The lowest BCUT2D eigenvalue weighted by molar-refractivity contribution is -0.120. The zero-order valence-corrected chi connectivity index (χ0v) is 11.4. The predicted octanol–water partition coefficient (Wildman–Crippen LogP) is 0.745. The van der Waals surface area contributed by atoms with Gasteiger partial charge in [-0.1, -0.05) is 0 Å². The van der Waals surface area contributed by atoms with Gasteiger partial charge in [0.15, 0.2) is 15.6 Å². The van der Waals surface area contributed by atoms with Gasteiger partial charge < -0.3 is 4.57 Å². The molecule has 0 amide bonds. The second-order valence-corrected chi connectivity index (χ2v) is 7.22. The van der Waals surface area contributed by atoms with Crippen LogP contribution in [0, 0.1) is 0 Å². The van der Waals surface area contributed by atoms with Crippen molar-refractivity contribution in [2.75, 3.05) is 6.26 Å². The van der Waals surface area contributed by atoms with E-state index >= 15 is 0 Å². The van der Waals surface area contributed by atoms with Crippen LogP contribution in [0.15, 0.2) is 12.4 Å². The second kappa shape index (κ2) is 4.60. The van der Waals surface area contributed by atoms with Crippen LogP contribution in [0.3, 0.4) is 0 Å². The number of imidazole rings is 1. The Kier molecular flexibility index (Phi) is 3.76. The molecule has 0 spiro atoms. The molecule has 0 aliphatic rings. The highest BCUT2D eigenvalue weighted by atomic mass is 32.2. The van der Waals surface area contributed by atoms with Gasteiger partial charge in [0.25, 0.3) is 0 Å². The van der Waals surface area contributed by atoms with Gasteiger partial charge in [-0.05, 0) is 13.8 Å². The number of rotatable bonds is 5. The van der Waals surface area contributed by atoms with Crippen LogP contribution in [0.2, 0.25) is 0 Å². The Bertz CT molecular complexity index is 515. The number of aromatic nitrogens is 2. The number of hydrogen-bond acceptors (Lipinski definition) is 4. The minimum Gasteiger partial charge on any atom is -0.338 e. The normalized spacial score (nSPS) is 12.7. The summed E-state index contributed by atoms with van der Waals surface area (Å²) in [6, 6.07) is 0. The highest BCUT2D eigenvalue weighted by molar-refractivity contribution is 7.92. The van der Waals surface area contributed by atoms with Crippen LogP contribution < -0.4 is 0 Å². The van der Waals surface area contributed by atoms with Crippen molar-refractivity contribution in [3.63, 3.8) is 0 Å². The van der Waals surface area contributed by atoms with Gasteiger partial charge in [-0.3, -0.25) is 4.79 Å². The second-order valence-electron chi connectivity index (χ2n) is 4.66. The van der Waals surface area contributed by atoms with E-state index in [0.29, 0.717) is 6.42 Å². The Balaban J connectivity index is 2.72. The fourth-order valence-corrected chi connectivity index (χ4v) is 1.89. The first-order valence-electron chi connectivity index (χ1n) is 5.35. The molecule has 0 saturated carbocycles. The van der Waals surface area contributed by atoms with Crippen molar-refractivity contribution in [3.05, 3.63) is 18.2 Å². The molecule has 0 fully saturated rings. The van der Waals surface area contributed by atoms with Gasteiger partial charge in [0.05, 0.1) is 0 Å². The van der Waals surface area contributed by atoms with Gasteiger partial charge in [-0.15, -0.1) is 0 Å². The van der Waals surface area contributed by atoms with Gasteiger partial charge in [0.1, 0.15) is 10.6 Å². The average Bonchev–Trinajstić information content (AvgIpc) is 2.58. The van der Waals surface area contributed by atoms with E-state index in [4.69, 9.17) is 0 Å². The number of carbonyl (C=O) groups is 1. The fourth-order valence-electron chi connectivity index (χ4n) is 1.37. The van der Waals surface area contributed by atoms with Crippen molar-refractivity contribution < 1.29 is 13.2 Å². The van der Waals surface area contributed by atoms with Crippen molar-refractivity contribution in [1.82, 2.24) is 9.55 Å². The number of carbonyl (C=O) groups excluding carboxylic acids is 1. The summed E-state index contributed by atoms with van der Waals surface area (Å²) in [6.07, 6.45) is 5.18. The zero-order valence-electron chi connectivity index (χ0n) is 10.6. The van der Waals surface area contributed by atoms with E-state index in [2.05, 4.69) is 4.98 Å². The summed E-state index contributed by atoms with van der Waals surface area (Å²) in [5.41, 5.74) is 0. The number of sulfone groups is 1. The molecule has 5 nitrogen and oxygen atoms in total. The van der Waals surface area contributed by atoms with E-state index in [1.807, 2.05) is 11.6 Å². The van der Waals surface area contributed by atoms with E-state index < -0.39 is 14.6 Å². The minimum absolute atomic E-state index is 0.185. The molecule has 0 unspecified atom stereocenters. The summed E-state index contributed by atoms with van der Waals surface area (Å²) in [6.45, 7) is 2.90. The Morgan fingerprint density at radius 1 is 1.47 bits per heavy atom. The molecule has 0 aliphatic carbocycles. The summed E-state index contributed by atoms with van der Waals surface area (Å²) in [4.78, 5) is 16.0. The number of nitrogens with zero attached hydrogens (tertiary/aromatic N) is 2. The number of aryl methyl sites for hydroxylation is 2. The molecule has 0 saturated heterocycles. The van der Waals surface area contributed by atoms with Crippen LogP contribution in [-0.4, -0.2) is 34.8 Å². The number of Topliss-reactive ketones (excluding diaryl/α,β-unsaturated/α-hetero) is 1. The molecular weight excluding hydrogens is 240 g/mol. The van der Waals surface area contributed by atoms with Crippen LogP contribution in [0.25, 0.3) is 0 Å². The lowest BCUT2D eigenvalue weighted by Gasteiger charge is -2.20. The fraction of sp³-hybridized carbons (Fsp3) is 0.636. The van der Waals surface area contributed by atoms with Crippen LogP contribution in [0.4, 0.5) is 0 Å². The average molecular weight is 258 g/mol. The molecular formula is C11H18N2O3S. The molecule has 6 heteroatoms. The van der Waals surface area contributed by atoms with E-state index in [0.717, 1.165) is 12.1 Å². The molecule has 0 bridgehead atoms. The van der Waals surface area contributed by atoms with Crippen molar-refractivity contribution in [1.29, 1.82) is 0 Å². The molecule has 1 rings (SSSR count). The van der Waals surface area contributed by atoms with Gasteiger partial charge in [0, 0.05) is 38.5 Å². The third-order valence-electron chi connectivity index (χ3n) is 3.10. The summed E-state index contributed by atoms with van der Waals surface area (Å²) < 4.78 is 23.5. The monoisotopic (exact) mass is 258 g/mol. The zero-order chi connectivity index (χ0) is 13.3. The number of ketones is 1. The molecule has 96 valence electrons. The van der Waals surface area contributed by atoms with Crippen molar-refractivity contribution in [2.24, 2.45) is 7.05 Å². The SMILES string of the molecule is Cn1ccnc1CCC(=O)C(C)(C)S(C)(=O)=O. The van der Waals surface area contributed by atoms with Crippen LogP contribution in [0.5, 0.6) is 0 Å². The summed E-state index contributed by atoms with van der Waals surface area (Å²) >= 11 is 0. The molecule has 0 atom stereocenters. The Morgan fingerprint density at radius 3 is 2.47 bits per heavy atom. The summed E-state index contributed by atoms with van der Waals surface area (Å²) in [5.74, 6) is 0.505. The highest BCUT2D eigenvalue weighted by Crippen LogP contribution is 2.19. The van der Waals surface area contributed by atoms with Crippen molar-refractivity contribution in [3.8, 4) is 0 Å². The first kappa shape index (κ1) is 13.9. The quantitative estimate of drug-likeness (QED) is 0.781. The predicted molar refractivity (Wildman–Crippen MR) is 65.5 cm³/mol. The summed E-state index contributed by atoms with van der Waals surface area (Å²) in [5, 5.41) is 0. The molecule has 1 aromatic heterocycles. The van der Waals surface area contributed by atoms with E-state index in [1.54, 1.807) is 12.4 Å². The van der Waals surface area contributed by atoms with E-state index in [1.165, 1.54) is 13.8 Å².